The zero-order valence-electron chi connectivity index (χ0n) is 7.37. The average Bonchev–Trinajstić information content (AvgIpc) is 2.60. The van der Waals surface area contributed by atoms with Gasteiger partial charge in [0.05, 0.1) is 0 Å². The monoisotopic (exact) mass is 326 g/mol. The summed E-state index contributed by atoms with van der Waals surface area (Å²) >= 11 is 6.69. The van der Waals surface area contributed by atoms with E-state index in [4.69, 9.17) is 9.78 Å². The van der Waals surface area contributed by atoms with Crippen LogP contribution in [0.15, 0.2) is 37.7 Å². The van der Waals surface area contributed by atoms with Gasteiger partial charge in [-0.15, -0.1) is 0 Å². The van der Waals surface area contributed by atoms with Crippen LogP contribution in [-0.2, 0) is 0 Å². The number of benzene rings is 1. The Balaban J connectivity index is 2.61. The van der Waals surface area contributed by atoms with Crippen molar-refractivity contribution in [1.29, 1.82) is 5.26 Å². The number of aromatic nitrogens is 1. The second-order valence-electron chi connectivity index (χ2n) is 2.77. The van der Waals surface area contributed by atoms with Crippen LogP contribution in [0.1, 0.15) is 5.69 Å². The van der Waals surface area contributed by atoms with E-state index >= 15 is 0 Å². The largest absolute Gasteiger partial charge is 0.354 e. The average molecular weight is 328 g/mol. The molecular weight excluding hydrogens is 324 g/mol. The molecule has 15 heavy (non-hydrogen) atoms. The first-order valence-corrected chi connectivity index (χ1v) is 5.63. The number of halogens is 2. The van der Waals surface area contributed by atoms with Crippen molar-refractivity contribution in [2.24, 2.45) is 0 Å². The van der Waals surface area contributed by atoms with Crippen LogP contribution in [-0.4, -0.2) is 5.16 Å². The topological polar surface area (TPSA) is 49.8 Å². The van der Waals surface area contributed by atoms with Crippen molar-refractivity contribution in [2.75, 3.05) is 0 Å². The summed E-state index contributed by atoms with van der Waals surface area (Å²) < 4.78 is 6.58. The molecule has 0 fully saturated rings. The molecule has 0 aliphatic rings. The predicted octanol–water partition coefficient (Wildman–Crippen LogP) is 3.74. The summed E-state index contributed by atoms with van der Waals surface area (Å²) in [5, 5.41) is 12.4. The third-order valence-corrected chi connectivity index (χ3v) is 3.29. The molecule has 0 N–H and O–H groups in total. The first-order valence-electron chi connectivity index (χ1n) is 4.04. The van der Waals surface area contributed by atoms with Crippen molar-refractivity contribution in [3.63, 3.8) is 0 Å². The maximum absolute atomic E-state index is 8.73. The fraction of sp³-hybridized carbons (Fsp3) is 0. The van der Waals surface area contributed by atoms with Gasteiger partial charge in [-0.3, -0.25) is 0 Å². The summed E-state index contributed by atoms with van der Waals surface area (Å²) in [5.41, 5.74) is 1.11. The molecule has 0 saturated heterocycles. The standard InChI is InChI=1S/C10H4Br2N2O/c11-7-4-2-1-3-6(7)10-9(12)8(5-13)14-15-10/h1-4H. The van der Waals surface area contributed by atoms with Gasteiger partial charge in [0, 0.05) is 10.0 Å². The quantitative estimate of drug-likeness (QED) is 0.801. The van der Waals surface area contributed by atoms with Crippen LogP contribution in [0.5, 0.6) is 0 Å². The number of rotatable bonds is 1. The Bertz CT molecular complexity index is 543. The second kappa shape index (κ2) is 4.17. The summed E-state index contributed by atoms with van der Waals surface area (Å²) in [6.45, 7) is 0. The van der Waals surface area contributed by atoms with Crippen molar-refractivity contribution in [2.45, 2.75) is 0 Å². The summed E-state index contributed by atoms with van der Waals surface area (Å²) in [4.78, 5) is 0. The molecule has 74 valence electrons. The minimum atomic E-state index is 0.251. The van der Waals surface area contributed by atoms with Crippen molar-refractivity contribution in [3.05, 3.63) is 38.9 Å². The van der Waals surface area contributed by atoms with E-state index in [0.29, 0.717) is 10.2 Å². The van der Waals surface area contributed by atoms with Gasteiger partial charge in [-0.2, -0.15) is 5.26 Å². The highest BCUT2D eigenvalue weighted by Gasteiger charge is 2.16. The van der Waals surface area contributed by atoms with Crippen molar-refractivity contribution in [3.8, 4) is 17.4 Å². The molecule has 0 atom stereocenters. The van der Waals surface area contributed by atoms with E-state index in [1.807, 2.05) is 30.3 Å². The Labute approximate surface area is 103 Å². The van der Waals surface area contributed by atoms with Crippen LogP contribution in [0.4, 0.5) is 0 Å². The molecule has 0 unspecified atom stereocenters. The SMILES string of the molecule is N#Cc1noc(-c2ccccc2Br)c1Br. The molecule has 2 rings (SSSR count). The van der Waals surface area contributed by atoms with Gasteiger partial charge < -0.3 is 4.52 Å². The smallest absolute Gasteiger partial charge is 0.198 e. The highest BCUT2D eigenvalue weighted by molar-refractivity contribution is 9.11. The van der Waals surface area contributed by atoms with Crippen LogP contribution < -0.4 is 0 Å². The molecule has 1 aromatic heterocycles. The highest BCUT2D eigenvalue weighted by Crippen LogP contribution is 2.34. The Kier molecular flexibility index (Phi) is 2.89. The van der Waals surface area contributed by atoms with E-state index in [1.165, 1.54) is 0 Å². The molecule has 0 saturated carbocycles. The normalized spacial score (nSPS) is 9.93. The van der Waals surface area contributed by atoms with Gasteiger partial charge in [0.2, 0.25) is 0 Å². The Hall–Kier alpha value is -1.12. The summed E-state index contributed by atoms with van der Waals surface area (Å²) in [7, 11) is 0. The van der Waals surface area contributed by atoms with E-state index in [0.717, 1.165) is 10.0 Å². The maximum Gasteiger partial charge on any atom is 0.198 e. The fourth-order valence-corrected chi connectivity index (χ4v) is 2.07. The number of hydrogen-bond acceptors (Lipinski definition) is 3. The van der Waals surface area contributed by atoms with Crippen LogP contribution in [0.2, 0.25) is 0 Å². The molecule has 0 aliphatic heterocycles. The van der Waals surface area contributed by atoms with E-state index < -0.39 is 0 Å². The summed E-state index contributed by atoms with van der Waals surface area (Å²) in [6, 6.07) is 9.52. The Morgan fingerprint density at radius 1 is 1.27 bits per heavy atom. The molecule has 1 heterocycles. The Morgan fingerprint density at radius 2 is 2.00 bits per heavy atom. The van der Waals surface area contributed by atoms with Crippen molar-refractivity contribution in [1.82, 2.24) is 5.16 Å². The molecule has 0 spiro atoms. The van der Waals surface area contributed by atoms with Gasteiger partial charge in [0.1, 0.15) is 10.5 Å². The lowest BCUT2D eigenvalue weighted by atomic mass is 10.2. The predicted molar refractivity (Wildman–Crippen MR) is 62.1 cm³/mol. The minimum absolute atomic E-state index is 0.251. The van der Waals surface area contributed by atoms with Crippen LogP contribution in [0.25, 0.3) is 11.3 Å². The molecule has 0 aliphatic carbocycles. The lowest BCUT2D eigenvalue weighted by molar-refractivity contribution is 0.429. The van der Waals surface area contributed by atoms with E-state index in [9.17, 15) is 0 Å². The van der Waals surface area contributed by atoms with Gasteiger partial charge in [-0.25, -0.2) is 0 Å². The molecule has 2 aromatic rings. The maximum atomic E-state index is 8.73. The summed E-state index contributed by atoms with van der Waals surface area (Å²) in [5.74, 6) is 0.555. The number of hydrogen-bond donors (Lipinski definition) is 0. The Morgan fingerprint density at radius 3 is 2.60 bits per heavy atom. The van der Waals surface area contributed by atoms with E-state index in [1.54, 1.807) is 0 Å². The van der Waals surface area contributed by atoms with Crippen LogP contribution in [0.3, 0.4) is 0 Å². The van der Waals surface area contributed by atoms with Gasteiger partial charge in [0.25, 0.3) is 0 Å². The lowest BCUT2D eigenvalue weighted by Gasteiger charge is -1.98. The lowest BCUT2D eigenvalue weighted by Crippen LogP contribution is -1.77. The van der Waals surface area contributed by atoms with Crippen molar-refractivity contribution >= 4 is 31.9 Å². The molecule has 0 bridgehead atoms. The molecule has 3 nitrogen and oxygen atoms in total. The van der Waals surface area contributed by atoms with Gasteiger partial charge >= 0.3 is 0 Å². The molecule has 1 aromatic carbocycles. The number of nitriles is 1. The molecule has 0 radical (unpaired) electrons. The highest BCUT2D eigenvalue weighted by atomic mass is 79.9. The summed E-state index contributed by atoms with van der Waals surface area (Å²) in [6.07, 6.45) is 0. The minimum Gasteiger partial charge on any atom is -0.354 e. The first-order chi connectivity index (χ1) is 7.24. The zero-order chi connectivity index (χ0) is 10.8. The second-order valence-corrected chi connectivity index (χ2v) is 4.41. The third-order valence-electron chi connectivity index (χ3n) is 1.86. The molecule has 0 amide bonds. The zero-order valence-corrected chi connectivity index (χ0v) is 10.5. The molecule has 5 heteroatoms. The van der Waals surface area contributed by atoms with E-state index in [2.05, 4.69) is 37.0 Å². The van der Waals surface area contributed by atoms with Gasteiger partial charge in [0.15, 0.2) is 11.5 Å². The van der Waals surface area contributed by atoms with Gasteiger partial charge in [-0.1, -0.05) is 33.2 Å². The van der Waals surface area contributed by atoms with Crippen molar-refractivity contribution < 1.29 is 4.52 Å². The van der Waals surface area contributed by atoms with Crippen LogP contribution in [0, 0.1) is 11.3 Å². The van der Waals surface area contributed by atoms with Gasteiger partial charge in [-0.05, 0) is 28.1 Å². The first kappa shape index (κ1) is 10.4. The number of nitrogens with zero attached hydrogens (tertiary/aromatic N) is 2. The fourth-order valence-electron chi connectivity index (χ4n) is 1.16. The third kappa shape index (κ3) is 1.83. The van der Waals surface area contributed by atoms with Crippen LogP contribution >= 0.6 is 31.9 Å². The molecular formula is C10H4Br2N2O. The van der Waals surface area contributed by atoms with E-state index in [-0.39, 0.29) is 5.69 Å².